The molecule has 0 saturated heterocycles. The van der Waals surface area contributed by atoms with Gasteiger partial charge >= 0.3 is 8.56 Å². The average molecular weight is 317 g/mol. The largest absolute Gasteiger partial charge is 0.395 e. The van der Waals surface area contributed by atoms with Gasteiger partial charge in [0.15, 0.2) is 0 Å². The number of rotatable bonds is 9. The minimum Gasteiger partial charge on any atom is -0.395 e. The fraction of sp³-hybridized carbons (Fsp3) is 0.929. The number of aliphatic imine (C=N–C) groups is 1. The molecule has 0 amide bonds. The molecule has 1 rings (SSSR count). The molecular weight excluding hydrogens is 284 g/mol. The Morgan fingerprint density at radius 3 is 2.25 bits per heavy atom. The lowest BCUT2D eigenvalue weighted by Crippen LogP contribution is -2.49. The van der Waals surface area contributed by atoms with E-state index in [1.807, 2.05) is 0 Å². The van der Waals surface area contributed by atoms with Crippen molar-refractivity contribution >= 4 is 23.1 Å². The van der Waals surface area contributed by atoms with Gasteiger partial charge in [0.1, 0.15) is 8.24 Å². The Balaban J connectivity index is 2.43. The lowest BCUT2D eigenvalue weighted by atomic mass is 10.2. The zero-order chi connectivity index (χ0) is 15.2. The highest BCUT2D eigenvalue weighted by atomic mass is 28.4. The van der Waals surface area contributed by atoms with E-state index in [-0.39, 0.29) is 0 Å². The lowest BCUT2D eigenvalue weighted by molar-refractivity contribution is 0.187. The molecule has 1 unspecified atom stereocenters. The highest BCUT2D eigenvalue weighted by molar-refractivity contribution is 6.75. The molecule has 1 atom stereocenters. The third-order valence-corrected chi connectivity index (χ3v) is 8.85. The molecule has 0 fully saturated rings. The van der Waals surface area contributed by atoms with Crippen LogP contribution in [0.4, 0.5) is 0 Å². The van der Waals surface area contributed by atoms with Crippen molar-refractivity contribution in [2.45, 2.75) is 65.0 Å². The van der Waals surface area contributed by atoms with Crippen molar-refractivity contribution in [3.63, 3.8) is 0 Å². The molecule has 4 nitrogen and oxygen atoms in total. The zero-order valence-electron chi connectivity index (χ0n) is 14.1. The van der Waals surface area contributed by atoms with E-state index in [2.05, 4.69) is 55.9 Å². The van der Waals surface area contributed by atoms with Crippen molar-refractivity contribution < 1.29 is 8.85 Å². The normalized spacial score (nSPS) is 19.9. The fourth-order valence-corrected chi connectivity index (χ4v) is 7.02. The molecule has 0 spiro atoms. The third kappa shape index (κ3) is 5.31. The summed E-state index contributed by atoms with van der Waals surface area (Å²) in [4.78, 5) is 4.48. The minimum atomic E-state index is -1.94. The topological polar surface area (TPSA) is 34.1 Å². The average Bonchev–Trinajstić information content (AvgIpc) is 2.77. The summed E-state index contributed by atoms with van der Waals surface area (Å²) in [5, 5.41) is 0. The standard InChI is InChI=1S/C14H32N2O2Si2/c1-7-17-20(6,18-8-2)11-9-10-14-12-15-13-16(14)19(3,4)5/h13-14H,7-12H2,1-6H3. The molecular formula is C14H32N2O2Si2. The fourth-order valence-electron chi connectivity index (χ4n) is 2.85. The van der Waals surface area contributed by atoms with Gasteiger partial charge < -0.3 is 13.4 Å². The smallest absolute Gasteiger partial charge is 0.334 e. The van der Waals surface area contributed by atoms with Crippen LogP contribution in [0.2, 0.25) is 32.2 Å². The lowest BCUT2D eigenvalue weighted by Gasteiger charge is -2.35. The highest BCUT2D eigenvalue weighted by Gasteiger charge is 2.33. The summed E-state index contributed by atoms with van der Waals surface area (Å²) in [6, 6.07) is 1.69. The summed E-state index contributed by atoms with van der Waals surface area (Å²) in [6.07, 6.45) is 4.46. The Morgan fingerprint density at radius 1 is 1.15 bits per heavy atom. The van der Waals surface area contributed by atoms with Crippen molar-refractivity contribution in [1.82, 2.24) is 4.57 Å². The predicted molar refractivity (Wildman–Crippen MR) is 91.2 cm³/mol. The van der Waals surface area contributed by atoms with Gasteiger partial charge in [-0.2, -0.15) is 0 Å². The van der Waals surface area contributed by atoms with E-state index in [0.717, 1.165) is 25.8 Å². The van der Waals surface area contributed by atoms with Crippen LogP contribution in [0.5, 0.6) is 0 Å². The van der Waals surface area contributed by atoms with Crippen LogP contribution in [0, 0.1) is 0 Å². The molecule has 1 heterocycles. The molecule has 1 aliphatic rings. The Morgan fingerprint density at radius 2 is 1.75 bits per heavy atom. The van der Waals surface area contributed by atoms with E-state index in [0.29, 0.717) is 6.04 Å². The third-order valence-electron chi connectivity index (χ3n) is 3.76. The van der Waals surface area contributed by atoms with E-state index >= 15 is 0 Å². The summed E-state index contributed by atoms with van der Waals surface area (Å²) in [6.45, 7) is 16.0. The van der Waals surface area contributed by atoms with Gasteiger partial charge in [-0.05, 0) is 39.3 Å². The molecule has 20 heavy (non-hydrogen) atoms. The first kappa shape index (κ1) is 17.9. The molecule has 0 saturated carbocycles. The van der Waals surface area contributed by atoms with Gasteiger partial charge in [-0.25, -0.2) is 0 Å². The molecule has 0 aliphatic carbocycles. The van der Waals surface area contributed by atoms with Crippen molar-refractivity contribution in [3.05, 3.63) is 0 Å². The van der Waals surface area contributed by atoms with Crippen LogP contribution in [-0.4, -0.2) is 53.5 Å². The van der Waals surface area contributed by atoms with Crippen molar-refractivity contribution in [2.24, 2.45) is 4.99 Å². The molecule has 0 aromatic heterocycles. The second-order valence-electron chi connectivity index (χ2n) is 6.60. The molecule has 118 valence electrons. The van der Waals surface area contributed by atoms with Gasteiger partial charge in [0.2, 0.25) is 0 Å². The molecule has 0 N–H and O–H groups in total. The van der Waals surface area contributed by atoms with E-state index in [9.17, 15) is 0 Å². The summed E-state index contributed by atoms with van der Waals surface area (Å²) < 4.78 is 14.4. The predicted octanol–water partition coefficient (Wildman–Crippen LogP) is 3.46. The number of nitrogens with zero attached hydrogens (tertiary/aromatic N) is 2. The van der Waals surface area contributed by atoms with Crippen LogP contribution in [0.3, 0.4) is 0 Å². The Labute approximate surface area is 126 Å². The van der Waals surface area contributed by atoms with Gasteiger partial charge in [-0.3, -0.25) is 4.99 Å². The first-order valence-electron chi connectivity index (χ1n) is 7.88. The molecule has 0 aromatic rings. The maximum absolute atomic E-state index is 5.91. The summed E-state index contributed by atoms with van der Waals surface area (Å²) in [5.41, 5.74) is 0. The van der Waals surface area contributed by atoms with Crippen molar-refractivity contribution in [3.8, 4) is 0 Å². The van der Waals surface area contributed by atoms with Gasteiger partial charge in [0, 0.05) is 19.3 Å². The van der Waals surface area contributed by atoms with Crippen LogP contribution < -0.4 is 0 Å². The van der Waals surface area contributed by atoms with Crippen LogP contribution in [0.15, 0.2) is 4.99 Å². The second-order valence-corrected chi connectivity index (χ2v) is 14.8. The molecule has 0 aromatic carbocycles. The van der Waals surface area contributed by atoms with Gasteiger partial charge in [0.25, 0.3) is 0 Å². The first-order chi connectivity index (χ1) is 9.32. The summed E-state index contributed by atoms with van der Waals surface area (Å²) in [7, 11) is -3.22. The quantitative estimate of drug-likeness (QED) is 0.611. The van der Waals surface area contributed by atoms with Crippen molar-refractivity contribution in [1.29, 1.82) is 0 Å². The summed E-state index contributed by atoms with van der Waals surface area (Å²) in [5.74, 6) is 0. The van der Waals surface area contributed by atoms with Gasteiger partial charge in [-0.1, -0.05) is 19.6 Å². The van der Waals surface area contributed by atoms with Crippen LogP contribution >= 0.6 is 0 Å². The Bertz CT molecular complexity index is 313. The SMILES string of the molecule is CCO[Si](C)(CCCC1CN=CN1[Si](C)(C)C)OCC. The van der Waals surface area contributed by atoms with Gasteiger partial charge in [0.05, 0.1) is 12.9 Å². The maximum Gasteiger partial charge on any atom is 0.334 e. The maximum atomic E-state index is 5.91. The highest BCUT2D eigenvalue weighted by Crippen LogP contribution is 2.23. The van der Waals surface area contributed by atoms with E-state index in [1.165, 1.54) is 12.8 Å². The molecule has 1 aliphatic heterocycles. The molecule has 6 heteroatoms. The van der Waals surface area contributed by atoms with E-state index in [1.54, 1.807) is 0 Å². The minimum absolute atomic E-state index is 0.600. The molecule has 0 radical (unpaired) electrons. The first-order valence-corrected chi connectivity index (χ1v) is 13.9. The van der Waals surface area contributed by atoms with E-state index in [4.69, 9.17) is 8.85 Å². The monoisotopic (exact) mass is 316 g/mol. The number of hydrogen-bond donors (Lipinski definition) is 0. The van der Waals surface area contributed by atoms with Crippen LogP contribution in [0.25, 0.3) is 0 Å². The van der Waals surface area contributed by atoms with Crippen molar-refractivity contribution in [2.75, 3.05) is 19.8 Å². The Hall–Kier alpha value is -0.176. The van der Waals surface area contributed by atoms with Crippen LogP contribution in [0.1, 0.15) is 26.7 Å². The van der Waals surface area contributed by atoms with E-state index < -0.39 is 16.8 Å². The van der Waals surface area contributed by atoms with Gasteiger partial charge in [-0.15, -0.1) is 0 Å². The summed E-state index contributed by atoms with van der Waals surface area (Å²) >= 11 is 0. The zero-order valence-corrected chi connectivity index (χ0v) is 16.1. The van der Waals surface area contributed by atoms with Crippen LogP contribution in [-0.2, 0) is 8.85 Å². The number of hydrogen-bond acceptors (Lipinski definition) is 4. The second kappa shape index (κ2) is 7.72. The molecule has 0 bridgehead atoms. The Kier molecular flexibility index (Phi) is 6.90.